The first-order valence-corrected chi connectivity index (χ1v) is 17.9. The van der Waals surface area contributed by atoms with Crippen molar-refractivity contribution in [1.29, 1.82) is 0 Å². The molecule has 2 aromatic carbocycles. The van der Waals surface area contributed by atoms with Gasteiger partial charge in [-0.05, 0) is 81.7 Å². The summed E-state index contributed by atoms with van der Waals surface area (Å²) in [5.41, 5.74) is 4.79. The largest absolute Gasteiger partial charge is 0.507 e. The van der Waals surface area contributed by atoms with Gasteiger partial charge in [-0.2, -0.15) is 0 Å². The van der Waals surface area contributed by atoms with Crippen LogP contribution in [0.4, 0.5) is 0 Å². The fourth-order valence-corrected chi connectivity index (χ4v) is 5.52. The maximum atomic E-state index is 12.4. The second-order valence-electron chi connectivity index (χ2n) is 15.2. The Labute approximate surface area is 298 Å². The number of amides is 2. The van der Waals surface area contributed by atoms with Gasteiger partial charge >= 0.3 is 23.8 Å². The summed E-state index contributed by atoms with van der Waals surface area (Å²) in [6, 6.07) is 7.79. The molecule has 278 valence electrons. The van der Waals surface area contributed by atoms with Crippen molar-refractivity contribution in [3.63, 3.8) is 0 Å². The van der Waals surface area contributed by atoms with E-state index in [1.807, 2.05) is 65.8 Å². The van der Waals surface area contributed by atoms with Crippen LogP contribution in [-0.4, -0.2) is 60.3 Å². The maximum Gasteiger partial charge on any atom is 0.309 e. The van der Waals surface area contributed by atoms with Crippen molar-refractivity contribution in [3.8, 4) is 11.5 Å². The third kappa shape index (κ3) is 12.7. The molecule has 4 N–H and O–H groups in total. The number of aryl methyl sites for hydroxylation is 2. The Bertz CT molecular complexity index is 1370. The van der Waals surface area contributed by atoms with E-state index in [-0.39, 0.29) is 61.8 Å². The van der Waals surface area contributed by atoms with Crippen LogP contribution in [0, 0.1) is 0 Å². The lowest BCUT2D eigenvalue weighted by atomic mass is 9.81. The van der Waals surface area contributed by atoms with Crippen molar-refractivity contribution in [2.24, 2.45) is 0 Å². The lowest BCUT2D eigenvalue weighted by molar-refractivity contribution is -0.145. The van der Waals surface area contributed by atoms with E-state index in [1.54, 1.807) is 0 Å². The van der Waals surface area contributed by atoms with Crippen LogP contribution < -0.4 is 10.6 Å². The summed E-state index contributed by atoms with van der Waals surface area (Å²) < 4.78 is 10.5. The van der Waals surface area contributed by atoms with Gasteiger partial charge in [-0.25, -0.2) is 0 Å². The highest BCUT2D eigenvalue weighted by Gasteiger charge is 2.25. The van der Waals surface area contributed by atoms with Crippen molar-refractivity contribution in [2.75, 3.05) is 26.3 Å². The number of benzene rings is 2. The van der Waals surface area contributed by atoms with E-state index in [0.717, 1.165) is 46.2 Å². The lowest BCUT2D eigenvalue weighted by Crippen LogP contribution is -2.42. The molecule has 2 atom stereocenters. The van der Waals surface area contributed by atoms with E-state index >= 15 is 0 Å². The quantitative estimate of drug-likeness (QED) is 0.0871. The zero-order valence-corrected chi connectivity index (χ0v) is 31.9. The zero-order valence-electron chi connectivity index (χ0n) is 31.9. The van der Waals surface area contributed by atoms with Crippen LogP contribution in [0.2, 0.25) is 0 Å². The molecule has 2 unspecified atom stereocenters. The fourth-order valence-electron chi connectivity index (χ4n) is 5.52. The summed E-state index contributed by atoms with van der Waals surface area (Å²) in [6.07, 6.45) is 2.90. The number of hydrogen-bond donors (Lipinski definition) is 4. The minimum atomic E-state index is -0.886. The molecule has 2 aromatic rings. The standard InChI is InChI=1S/C40H60N2O8/c1-11-25(3)29-21-27(23-31(35(29)45)39(5,6)7)13-15-33(43)49-19-17-41-37(47)38(48)42-18-20-50-34(44)16-14-28-22-30(26(4)12-2)36(46)32(24-28)40(8,9)10/h21-26,45-46H,11-20H2,1-10H3,(H,41,47)(H,42,48). The normalized spacial score (nSPS) is 12.9. The smallest absolute Gasteiger partial charge is 0.309 e. The van der Waals surface area contributed by atoms with Gasteiger partial charge in [0.2, 0.25) is 0 Å². The molecule has 10 heteroatoms. The second kappa shape index (κ2) is 18.8. The van der Waals surface area contributed by atoms with E-state index in [9.17, 15) is 29.4 Å². The Hall–Kier alpha value is -4.08. The fraction of sp³-hybridized carbons (Fsp3) is 0.600. The minimum absolute atomic E-state index is 0.0362. The van der Waals surface area contributed by atoms with E-state index < -0.39 is 23.8 Å². The summed E-state index contributed by atoms with van der Waals surface area (Å²) in [7, 11) is 0. The summed E-state index contributed by atoms with van der Waals surface area (Å²) in [6.45, 7) is 20.2. The van der Waals surface area contributed by atoms with Gasteiger partial charge < -0.3 is 30.3 Å². The minimum Gasteiger partial charge on any atom is -0.507 e. The first-order valence-electron chi connectivity index (χ1n) is 17.9. The maximum absolute atomic E-state index is 12.4. The van der Waals surface area contributed by atoms with E-state index in [1.165, 1.54) is 0 Å². The molecule has 0 heterocycles. The number of phenolic OH excluding ortho intramolecular Hbond substituents is 2. The predicted octanol–water partition coefficient (Wildman–Crippen LogP) is 6.60. The number of aromatic hydroxyl groups is 2. The predicted molar refractivity (Wildman–Crippen MR) is 196 cm³/mol. The molecule has 0 saturated heterocycles. The zero-order chi connectivity index (χ0) is 37.8. The van der Waals surface area contributed by atoms with Crippen molar-refractivity contribution >= 4 is 23.8 Å². The molecular weight excluding hydrogens is 636 g/mol. The SMILES string of the molecule is CCC(C)c1cc(CCC(=O)OCCNC(=O)C(=O)NCCOC(=O)CCc2cc(C(C)CC)c(O)c(C(C)(C)C)c2)cc(C(C)(C)C)c1O. The van der Waals surface area contributed by atoms with Crippen molar-refractivity contribution in [3.05, 3.63) is 57.6 Å². The number of esters is 2. The molecule has 2 rings (SSSR count). The van der Waals surface area contributed by atoms with Crippen LogP contribution in [0.3, 0.4) is 0 Å². The van der Waals surface area contributed by atoms with Crippen LogP contribution in [0.15, 0.2) is 24.3 Å². The number of nitrogens with one attached hydrogen (secondary N) is 2. The van der Waals surface area contributed by atoms with E-state index in [2.05, 4.69) is 38.3 Å². The van der Waals surface area contributed by atoms with Crippen LogP contribution in [0.1, 0.15) is 140 Å². The van der Waals surface area contributed by atoms with Crippen LogP contribution in [0.25, 0.3) is 0 Å². The molecule has 0 fully saturated rings. The average molecular weight is 697 g/mol. The molecule has 0 spiro atoms. The average Bonchev–Trinajstić information content (AvgIpc) is 3.05. The third-order valence-corrected chi connectivity index (χ3v) is 9.04. The van der Waals surface area contributed by atoms with Gasteiger partial charge in [0.25, 0.3) is 0 Å². The number of rotatable bonds is 16. The van der Waals surface area contributed by atoms with Gasteiger partial charge in [-0.3, -0.25) is 19.2 Å². The van der Waals surface area contributed by atoms with Gasteiger partial charge in [0.15, 0.2) is 0 Å². The topological polar surface area (TPSA) is 151 Å². The van der Waals surface area contributed by atoms with Crippen molar-refractivity contribution < 1.29 is 38.9 Å². The Balaban J connectivity index is 1.73. The molecule has 0 aliphatic heterocycles. The molecular formula is C40H60N2O8. The summed E-state index contributed by atoms with van der Waals surface area (Å²) in [5, 5.41) is 26.6. The first kappa shape index (κ1) is 42.1. The van der Waals surface area contributed by atoms with Crippen LogP contribution in [-0.2, 0) is 52.3 Å². The Kier molecular flexibility index (Phi) is 15.8. The molecule has 10 nitrogen and oxygen atoms in total. The second-order valence-corrected chi connectivity index (χ2v) is 15.2. The van der Waals surface area contributed by atoms with Gasteiger partial charge in [-0.1, -0.05) is 93.5 Å². The molecule has 0 bridgehead atoms. The number of phenols is 2. The van der Waals surface area contributed by atoms with Gasteiger partial charge in [0.1, 0.15) is 24.7 Å². The highest BCUT2D eigenvalue weighted by Crippen LogP contribution is 2.40. The summed E-state index contributed by atoms with van der Waals surface area (Å²) >= 11 is 0. The molecule has 0 aliphatic carbocycles. The monoisotopic (exact) mass is 696 g/mol. The number of ether oxygens (including phenoxy) is 2. The first-order chi connectivity index (χ1) is 23.3. The van der Waals surface area contributed by atoms with Gasteiger partial charge in [0.05, 0.1) is 13.1 Å². The van der Waals surface area contributed by atoms with Gasteiger partial charge in [0, 0.05) is 12.8 Å². The Morgan fingerprint density at radius 1 is 0.640 bits per heavy atom. The van der Waals surface area contributed by atoms with Crippen LogP contribution in [0.5, 0.6) is 11.5 Å². The Morgan fingerprint density at radius 3 is 1.28 bits per heavy atom. The lowest BCUT2D eigenvalue weighted by Gasteiger charge is -2.25. The van der Waals surface area contributed by atoms with Gasteiger partial charge in [-0.15, -0.1) is 0 Å². The summed E-state index contributed by atoms with van der Waals surface area (Å²) in [5.74, 6) is -1.67. The molecule has 0 saturated carbocycles. The summed E-state index contributed by atoms with van der Waals surface area (Å²) in [4.78, 5) is 49.1. The third-order valence-electron chi connectivity index (χ3n) is 9.04. The van der Waals surface area contributed by atoms with Crippen LogP contribution >= 0.6 is 0 Å². The highest BCUT2D eigenvalue weighted by atomic mass is 16.5. The van der Waals surface area contributed by atoms with E-state index in [0.29, 0.717) is 24.3 Å². The highest BCUT2D eigenvalue weighted by molar-refractivity contribution is 6.35. The van der Waals surface area contributed by atoms with Crippen molar-refractivity contribution in [2.45, 2.75) is 130 Å². The number of carbonyl (C=O) groups is 4. The molecule has 0 aliphatic rings. The molecule has 0 radical (unpaired) electrons. The number of hydrogen-bond acceptors (Lipinski definition) is 8. The molecule has 0 aromatic heterocycles. The Morgan fingerprint density at radius 2 is 0.980 bits per heavy atom. The number of carbonyl (C=O) groups excluding carboxylic acids is 4. The molecule has 2 amide bonds. The van der Waals surface area contributed by atoms with E-state index in [4.69, 9.17) is 9.47 Å². The van der Waals surface area contributed by atoms with Crippen molar-refractivity contribution in [1.82, 2.24) is 10.6 Å². The molecule has 50 heavy (non-hydrogen) atoms.